The first-order valence-electron chi connectivity index (χ1n) is 5.07. The molecule has 0 aliphatic carbocycles. The summed E-state index contributed by atoms with van der Waals surface area (Å²) in [6.45, 7) is 6.38. The third-order valence-corrected chi connectivity index (χ3v) is 2.73. The highest BCUT2D eigenvalue weighted by molar-refractivity contribution is 6.30. The van der Waals surface area contributed by atoms with Gasteiger partial charge in [0.15, 0.2) is 5.78 Å². The van der Waals surface area contributed by atoms with Gasteiger partial charge in [-0.05, 0) is 6.92 Å². The van der Waals surface area contributed by atoms with Gasteiger partial charge in [0, 0.05) is 25.6 Å². The molecule has 1 rings (SSSR count). The molecule has 0 bridgehead atoms. The molecule has 0 fully saturated rings. The third-order valence-electron chi connectivity index (χ3n) is 2.25. The molecule has 16 heavy (non-hydrogen) atoms. The number of carbonyl (C=O) groups is 1. The van der Waals surface area contributed by atoms with Gasteiger partial charge < -0.3 is 5.32 Å². The van der Waals surface area contributed by atoms with Crippen molar-refractivity contribution in [1.29, 1.82) is 0 Å². The zero-order chi connectivity index (χ0) is 12.1. The Labute approximate surface area is 100 Å². The van der Waals surface area contributed by atoms with Gasteiger partial charge in [0.1, 0.15) is 5.15 Å². The van der Waals surface area contributed by atoms with E-state index in [0.717, 1.165) is 11.3 Å². The first kappa shape index (κ1) is 12.9. The Hall–Kier alpha value is -1.13. The molecule has 1 aromatic heterocycles. The van der Waals surface area contributed by atoms with Gasteiger partial charge in [0.2, 0.25) is 0 Å². The fourth-order valence-electron chi connectivity index (χ4n) is 1.45. The van der Waals surface area contributed by atoms with Crippen LogP contribution >= 0.6 is 11.6 Å². The maximum Gasteiger partial charge on any atom is 0.151 e. The maximum absolute atomic E-state index is 11.6. The second kappa shape index (κ2) is 5.82. The molecule has 1 aromatic rings. The van der Waals surface area contributed by atoms with Crippen LogP contribution in [0.3, 0.4) is 0 Å². The fourth-order valence-corrected chi connectivity index (χ4v) is 1.69. The van der Waals surface area contributed by atoms with Gasteiger partial charge in [-0.3, -0.25) is 9.48 Å². The van der Waals surface area contributed by atoms with Crippen molar-refractivity contribution in [3.63, 3.8) is 0 Å². The van der Waals surface area contributed by atoms with Crippen LogP contribution in [0.2, 0.25) is 5.15 Å². The number of carbonyl (C=O) groups excluding carboxylic acids is 1. The lowest BCUT2D eigenvalue weighted by molar-refractivity contribution is -0.117. The highest BCUT2D eigenvalue weighted by Crippen LogP contribution is 2.19. The Morgan fingerprint density at radius 1 is 1.69 bits per heavy atom. The fraction of sp³-hybridized carbons (Fsp3) is 0.455. The van der Waals surface area contributed by atoms with Gasteiger partial charge in [-0.15, -0.1) is 6.58 Å². The van der Waals surface area contributed by atoms with Gasteiger partial charge in [0.05, 0.1) is 12.2 Å². The van der Waals surface area contributed by atoms with E-state index in [-0.39, 0.29) is 5.78 Å². The zero-order valence-corrected chi connectivity index (χ0v) is 10.3. The van der Waals surface area contributed by atoms with Crippen molar-refractivity contribution in [2.75, 3.05) is 13.1 Å². The number of aromatic nitrogens is 2. The predicted octanol–water partition coefficient (Wildman–Crippen LogP) is 1.27. The van der Waals surface area contributed by atoms with Crippen LogP contribution in [-0.2, 0) is 18.3 Å². The van der Waals surface area contributed by atoms with Crippen molar-refractivity contribution in [2.24, 2.45) is 7.05 Å². The lowest BCUT2D eigenvalue weighted by Crippen LogP contribution is -2.24. The molecular weight excluding hydrogens is 226 g/mol. The number of ketones is 1. The van der Waals surface area contributed by atoms with Crippen LogP contribution in [0.25, 0.3) is 0 Å². The van der Waals surface area contributed by atoms with E-state index in [1.807, 2.05) is 6.92 Å². The Bertz CT molecular complexity index is 398. The Morgan fingerprint density at radius 3 is 2.88 bits per heavy atom. The smallest absolute Gasteiger partial charge is 0.151 e. The number of hydrogen-bond donors (Lipinski definition) is 1. The first-order valence-corrected chi connectivity index (χ1v) is 5.45. The topological polar surface area (TPSA) is 46.9 Å². The van der Waals surface area contributed by atoms with E-state index in [1.54, 1.807) is 17.8 Å². The van der Waals surface area contributed by atoms with Crippen LogP contribution in [0.4, 0.5) is 0 Å². The number of Topliss-reactive ketones (excluding diaryl/α,β-unsaturated/α-hetero) is 1. The zero-order valence-electron chi connectivity index (χ0n) is 9.59. The minimum absolute atomic E-state index is 0.0971. The van der Waals surface area contributed by atoms with Crippen molar-refractivity contribution in [3.05, 3.63) is 29.1 Å². The molecule has 0 atom stereocenters. The van der Waals surface area contributed by atoms with E-state index in [2.05, 4.69) is 17.0 Å². The molecule has 4 nitrogen and oxygen atoms in total. The highest BCUT2D eigenvalue weighted by Gasteiger charge is 2.14. The van der Waals surface area contributed by atoms with Gasteiger partial charge >= 0.3 is 0 Å². The van der Waals surface area contributed by atoms with Crippen molar-refractivity contribution in [2.45, 2.75) is 13.3 Å². The SMILES string of the molecule is C=CCNCC(=O)Cc1c(C)nn(C)c1Cl. The lowest BCUT2D eigenvalue weighted by atomic mass is 10.1. The van der Waals surface area contributed by atoms with Crippen LogP contribution < -0.4 is 5.32 Å². The second-order valence-corrected chi connectivity index (χ2v) is 3.97. The van der Waals surface area contributed by atoms with E-state index in [4.69, 9.17) is 11.6 Å². The number of nitrogens with one attached hydrogen (secondary N) is 1. The molecule has 0 amide bonds. The van der Waals surface area contributed by atoms with Gasteiger partial charge in [-0.25, -0.2) is 0 Å². The van der Waals surface area contributed by atoms with Crippen molar-refractivity contribution in [1.82, 2.24) is 15.1 Å². The van der Waals surface area contributed by atoms with Crippen LogP contribution in [0.1, 0.15) is 11.3 Å². The third kappa shape index (κ3) is 3.18. The summed E-state index contributed by atoms with van der Waals surface area (Å²) in [4.78, 5) is 11.6. The Balaban J connectivity index is 2.59. The number of aryl methyl sites for hydroxylation is 2. The molecule has 88 valence electrons. The van der Waals surface area contributed by atoms with Gasteiger partial charge in [-0.1, -0.05) is 17.7 Å². The molecule has 0 unspecified atom stereocenters. The minimum Gasteiger partial charge on any atom is -0.307 e. The van der Waals surface area contributed by atoms with E-state index < -0.39 is 0 Å². The molecule has 0 aromatic carbocycles. The summed E-state index contributed by atoms with van der Waals surface area (Å²) in [7, 11) is 1.76. The number of rotatable bonds is 6. The van der Waals surface area contributed by atoms with Crippen molar-refractivity contribution in [3.8, 4) is 0 Å². The molecule has 0 saturated carbocycles. The molecule has 0 spiro atoms. The molecule has 1 heterocycles. The van der Waals surface area contributed by atoms with Crippen molar-refractivity contribution < 1.29 is 4.79 Å². The molecule has 5 heteroatoms. The Kier molecular flexibility index (Phi) is 4.71. The lowest BCUT2D eigenvalue weighted by Gasteiger charge is -2.01. The predicted molar refractivity (Wildman–Crippen MR) is 64.7 cm³/mol. The van der Waals surface area contributed by atoms with Gasteiger partial charge in [-0.2, -0.15) is 5.10 Å². The first-order chi connectivity index (χ1) is 7.56. The average molecular weight is 242 g/mol. The van der Waals surface area contributed by atoms with E-state index >= 15 is 0 Å². The summed E-state index contributed by atoms with van der Waals surface area (Å²) in [5.74, 6) is 0.0971. The number of hydrogen-bond acceptors (Lipinski definition) is 3. The van der Waals surface area contributed by atoms with Crippen LogP contribution in [0.15, 0.2) is 12.7 Å². The average Bonchev–Trinajstić information content (AvgIpc) is 2.46. The molecular formula is C11H16ClN3O. The van der Waals surface area contributed by atoms with E-state index in [0.29, 0.717) is 24.7 Å². The standard InChI is InChI=1S/C11H16ClN3O/c1-4-5-13-7-9(16)6-10-8(2)14-15(3)11(10)12/h4,13H,1,5-7H2,2-3H3. The molecule has 0 saturated heterocycles. The summed E-state index contributed by atoms with van der Waals surface area (Å²) in [6.07, 6.45) is 2.04. The summed E-state index contributed by atoms with van der Waals surface area (Å²) in [5.41, 5.74) is 1.62. The molecule has 1 N–H and O–H groups in total. The number of nitrogens with zero attached hydrogens (tertiary/aromatic N) is 2. The molecule has 0 aliphatic rings. The summed E-state index contributed by atoms with van der Waals surface area (Å²) < 4.78 is 1.58. The van der Waals surface area contributed by atoms with E-state index in [9.17, 15) is 4.79 Å². The monoisotopic (exact) mass is 241 g/mol. The highest BCUT2D eigenvalue weighted by atomic mass is 35.5. The molecule has 0 aliphatic heterocycles. The summed E-state index contributed by atoms with van der Waals surface area (Å²) in [6, 6.07) is 0. The Morgan fingerprint density at radius 2 is 2.38 bits per heavy atom. The second-order valence-electron chi connectivity index (χ2n) is 3.61. The van der Waals surface area contributed by atoms with Crippen molar-refractivity contribution >= 4 is 17.4 Å². The van der Waals surface area contributed by atoms with Crippen LogP contribution in [0, 0.1) is 6.92 Å². The van der Waals surface area contributed by atoms with E-state index in [1.165, 1.54) is 0 Å². The van der Waals surface area contributed by atoms with Crippen LogP contribution in [0.5, 0.6) is 0 Å². The molecule has 0 radical (unpaired) electrons. The largest absolute Gasteiger partial charge is 0.307 e. The quantitative estimate of drug-likeness (QED) is 0.603. The normalized spacial score (nSPS) is 10.4. The minimum atomic E-state index is 0.0971. The summed E-state index contributed by atoms with van der Waals surface area (Å²) in [5, 5.41) is 7.66. The number of halogens is 1. The maximum atomic E-state index is 11.6. The van der Waals surface area contributed by atoms with Crippen LogP contribution in [-0.4, -0.2) is 28.7 Å². The van der Waals surface area contributed by atoms with Gasteiger partial charge in [0.25, 0.3) is 0 Å². The summed E-state index contributed by atoms with van der Waals surface area (Å²) >= 11 is 6.03.